The minimum atomic E-state index is -2.88. The number of hydrogen-bond acceptors (Lipinski definition) is 3. The van der Waals surface area contributed by atoms with E-state index >= 15 is 0 Å². The molecule has 1 N–H and O–H groups in total. The molecule has 0 saturated carbocycles. The Morgan fingerprint density at radius 3 is 2.44 bits per heavy atom. The van der Waals surface area contributed by atoms with Gasteiger partial charge in [-0.3, -0.25) is 4.99 Å². The molecule has 1 aromatic carbocycles. The van der Waals surface area contributed by atoms with Gasteiger partial charge in [-0.15, -0.1) is 24.0 Å². The standard InChI is InChI=1S/C18H29N3O2S.HI/c1-19-18(20-11-6-14-24(2,22)23)21-12-9-17(10-13-21)15-16-7-4-3-5-8-16;/h3-5,7-8,17H,6,9-15H2,1-2H3,(H,19,20);1H. The average Bonchev–Trinajstić information content (AvgIpc) is 2.56. The minimum absolute atomic E-state index is 0. The highest BCUT2D eigenvalue weighted by molar-refractivity contribution is 14.0. The molecule has 0 spiro atoms. The molecule has 0 bridgehead atoms. The molecule has 1 saturated heterocycles. The predicted octanol–water partition coefficient (Wildman–Crippen LogP) is 2.57. The van der Waals surface area contributed by atoms with E-state index in [1.165, 1.54) is 24.7 Å². The first-order valence-corrected chi connectivity index (χ1v) is 10.7. The Hall–Kier alpha value is -0.830. The average molecular weight is 479 g/mol. The molecule has 0 amide bonds. The Balaban J connectivity index is 0.00000312. The lowest BCUT2D eigenvalue weighted by atomic mass is 9.90. The van der Waals surface area contributed by atoms with Crippen LogP contribution >= 0.6 is 24.0 Å². The molecule has 0 unspecified atom stereocenters. The molecule has 0 aliphatic carbocycles. The van der Waals surface area contributed by atoms with Crippen molar-refractivity contribution in [3.63, 3.8) is 0 Å². The lowest BCUT2D eigenvalue weighted by molar-refractivity contribution is 0.259. The largest absolute Gasteiger partial charge is 0.356 e. The Labute approximate surface area is 169 Å². The molecule has 0 atom stereocenters. The van der Waals surface area contributed by atoms with Crippen molar-refractivity contribution in [3.05, 3.63) is 35.9 Å². The molecule has 5 nitrogen and oxygen atoms in total. The van der Waals surface area contributed by atoms with Gasteiger partial charge in [-0.05, 0) is 37.2 Å². The van der Waals surface area contributed by atoms with Gasteiger partial charge in [0.1, 0.15) is 9.84 Å². The molecule has 1 heterocycles. The van der Waals surface area contributed by atoms with Crippen LogP contribution in [0.1, 0.15) is 24.8 Å². The van der Waals surface area contributed by atoms with Gasteiger partial charge in [-0.25, -0.2) is 8.42 Å². The first-order valence-electron chi connectivity index (χ1n) is 8.65. The van der Waals surface area contributed by atoms with Gasteiger partial charge in [0.15, 0.2) is 5.96 Å². The third-order valence-corrected chi connectivity index (χ3v) is 5.50. The number of benzene rings is 1. The number of halogens is 1. The number of nitrogens with zero attached hydrogens (tertiary/aromatic N) is 2. The van der Waals surface area contributed by atoms with Crippen LogP contribution in [0.5, 0.6) is 0 Å². The third-order valence-electron chi connectivity index (χ3n) is 4.47. The molecule has 1 aliphatic heterocycles. The summed E-state index contributed by atoms with van der Waals surface area (Å²) in [7, 11) is -1.10. The predicted molar refractivity (Wildman–Crippen MR) is 116 cm³/mol. The van der Waals surface area contributed by atoms with Crippen molar-refractivity contribution >= 4 is 39.8 Å². The summed E-state index contributed by atoms with van der Waals surface area (Å²) in [6, 6.07) is 10.7. The lowest BCUT2D eigenvalue weighted by Gasteiger charge is -2.34. The number of likely N-dealkylation sites (tertiary alicyclic amines) is 1. The van der Waals surface area contributed by atoms with E-state index in [0.29, 0.717) is 13.0 Å². The fourth-order valence-corrected chi connectivity index (χ4v) is 3.83. The molecule has 1 aliphatic rings. The van der Waals surface area contributed by atoms with Crippen molar-refractivity contribution < 1.29 is 8.42 Å². The molecular weight excluding hydrogens is 449 g/mol. The number of rotatable bonds is 6. The van der Waals surface area contributed by atoms with Crippen LogP contribution < -0.4 is 5.32 Å². The number of guanidine groups is 1. The van der Waals surface area contributed by atoms with Gasteiger partial charge >= 0.3 is 0 Å². The summed E-state index contributed by atoms with van der Waals surface area (Å²) in [4.78, 5) is 6.62. The molecule has 1 fully saturated rings. The van der Waals surface area contributed by atoms with E-state index in [-0.39, 0.29) is 29.7 Å². The number of aliphatic imine (C=N–C) groups is 1. The first-order chi connectivity index (χ1) is 11.5. The topological polar surface area (TPSA) is 61.8 Å². The number of nitrogens with one attached hydrogen (secondary N) is 1. The SMILES string of the molecule is CN=C(NCCCS(C)(=O)=O)N1CCC(Cc2ccccc2)CC1.I. The zero-order valence-corrected chi connectivity index (χ0v) is 18.3. The van der Waals surface area contributed by atoms with Crippen molar-refractivity contribution in [1.29, 1.82) is 0 Å². The monoisotopic (exact) mass is 479 g/mol. The normalized spacial score (nSPS) is 16.4. The van der Waals surface area contributed by atoms with Gasteiger partial charge in [0.25, 0.3) is 0 Å². The quantitative estimate of drug-likeness (QED) is 0.295. The molecular formula is C18H30IN3O2S. The smallest absolute Gasteiger partial charge is 0.193 e. The van der Waals surface area contributed by atoms with Crippen LogP contribution in [0.2, 0.25) is 0 Å². The second-order valence-electron chi connectivity index (χ2n) is 6.58. The summed E-state index contributed by atoms with van der Waals surface area (Å²) in [5, 5.41) is 3.29. The summed E-state index contributed by atoms with van der Waals surface area (Å²) in [5.41, 5.74) is 1.42. The molecule has 25 heavy (non-hydrogen) atoms. The van der Waals surface area contributed by atoms with Crippen LogP contribution in [-0.2, 0) is 16.3 Å². The second-order valence-corrected chi connectivity index (χ2v) is 8.84. The summed E-state index contributed by atoms with van der Waals surface area (Å²) < 4.78 is 22.3. The highest BCUT2D eigenvalue weighted by Crippen LogP contribution is 2.21. The fourth-order valence-electron chi connectivity index (χ4n) is 3.16. The van der Waals surface area contributed by atoms with Gasteiger partial charge < -0.3 is 10.2 Å². The summed E-state index contributed by atoms with van der Waals surface area (Å²) in [6.45, 7) is 2.65. The maximum Gasteiger partial charge on any atom is 0.193 e. The second kappa shape index (κ2) is 11.0. The zero-order valence-electron chi connectivity index (χ0n) is 15.1. The van der Waals surface area contributed by atoms with Crippen molar-refractivity contribution in [2.24, 2.45) is 10.9 Å². The lowest BCUT2D eigenvalue weighted by Crippen LogP contribution is -2.46. The maximum absolute atomic E-state index is 11.2. The van der Waals surface area contributed by atoms with Crippen molar-refractivity contribution in [1.82, 2.24) is 10.2 Å². The van der Waals surface area contributed by atoms with Gasteiger partial charge in [-0.2, -0.15) is 0 Å². The Kier molecular flexibility index (Phi) is 9.78. The van der Waals surface area contributed by atoms with E-state index in [9.17, 15) is 8.42 Å². The van der Waals surface area contributed by atoms with Crippen LogP contribution in [0.4, 0.5) is 0 Å². The van der Waals surface area contributed by atoms with Crippen LogP contribution in [0.25, 0.3) is 0 Å². The van der Waals surface area contributed by atoms with Gasteiger partial charge in [-0.1, -0.05) is 30.3 Å². The van der Waals surface area contributed by atoms with Crippen LogP contribution in [0.15, 0.2) is 35.3 Å². The van der Waals surface area contributed by atoms with Crippen LogP contribution in [0.3, 0.4) is 0 Å². The number of sulfone groups is 1. The minimum Gasteiger partial charge on any atom is -0.356 e. The first kappa shape index (κ1) is 22.2. The van der Waals surface area contributed by atoms with Crippen LogP contribution in [0, 0.1) is 5.92 Å². The molecule has 0 radical (unpaired) electrons. The highest BCUT2D eigenvalue weighted by Gasteiger charge is 2.21. The Morgan fingerprint density at radius 2 is 1.88 bits per heavy atom. The third kappa shape index (κ3) is 8.40. The van der Waals surface area contributed by atoms with E-state index in [1.807, 2.05) is 0 Å². The Bertz CT molecular complexity index is 627. The molecule has 0 aromatic heterocycles. The van der Waals surface area contributed by atoms with Crippen molar-refractivity contribution in [3.8, 4) is 0 Å². The zero-order chi connectivity index (χ0) is 17.4. The van der Waals surface area contributed by atoms with Gasteiger partial charge in [0, 0.05) is 32.9 Å². The molecule has 2 rings (SSSR count). The van der Waals surface area contributed by atoms with Gasteiger partial charge in [0.2, 0.25) is 0 Å². The van der Waals surface area contributed by atoms with E-state index in [0.717, 1.165) is 31.4 Å². The molecule has 1 aromatic rings. The molecule has 142 valence electrons. The van der Waals surface area contributed by atoms with Crippen molar-refractivity contribution in [2.75, 3.05) is 38.7 Å². The van der Waals surface area contributed by atoms with E-state index in [1.54, 1.807) is 7.05 Å². The Morgan fingerprint density at radius 1 is 1.24 bits per heavy atom. The van der Waals surface area contributed by atoms with Crippen LogP contribution in [-0.4, -0.2) is 58.0 Å². The highest BCUT2D eigenvalue weighted by atomic mass is 127. The maximum atomic E-state index is 11.2. The summed E-state index contributed by atoms with van der Waals surface area (Å²) in [6.07, 6.45) is 5.37. The molecule has 7 heteroatoms. The van der Waals surface area contributed by atoms with E-state index in [4.69, 9.17) is 0 Å². The number of hydrogen-bond donors (Lipinski definition) is 1. The number of piperidine rings is 1. The fraction of sp³-hybridized carbons (Fsp3) is 0.611. The van der Waals surface area contributed by atoms with E-state index in [2.05, 4.69) is 45.5 Å². The van der Waals surface area contributed by atoms with Crippen molar-refractivity contribution in [2.45, 2.75) is 25.7 Å². The summed E-state index contributed by atoms with van der Waals surface area (Å²) in [5.74, 6) is 1.84. The van der Waals surface area contributed by atoms with E-state index < -0.39 is 9.84 Å². The summed E-state index contributed by atoms with van der Waals surface area (Å²) >= 11 is 0. The van der Waals surface area contributed by atoms with Gasteiger partial charge in [0.05, 0.1) is 5.75 Å².